The number of hydrogen-bond donors (Lipinski definition) is 2. The summed E-state index contributed by atoms with van der Waals surface area (Å²) in [6.45, 7) is 4.36. The number of imidazole rings is 1. The molecule has 12 heteroatoms. The van der Waals surface area contributed by atoms with E-state index in [0.29, 0.717) is 12.1 Å². The number of H-pyrrole nitrogens is 1. The van der Waals surface area contributed by atoms with E-state index in [-0.39, 0.29) is 22.6 Å². The van der Waals surface area contributed by atoms with Crippen LogP contribution in [-0.4, -0.2) is 46.3 Å². The molecule has 1 fully saturated rings. The van der Waals surface area contributed by atoms with Crippen LogP contribution in [0.2, 0.25) is 0 Å². The fourth-order valence-corrected chi connectivity index (χ4v) is 4.49. The Balaban J connectivity index is 1.86. The van der Waals surface area contributed by atoms with E-state index in [1.165, 1.54) is 25.3 Å². The molecule has 2 aromatic heterocycles. The number of halogens is 5. The summed E-state index contributed by atoms with van der Waals surface area (Å²) in [7, 11) is 1.11. The zero-order valence-corrected chi connectivity index (χ0v) is 19.3. The van der Waals surface area contributed by atoms with Crippen molar-refractivity contribution in [2.24, 2.45) is 5.92 Å². The molecule has 1 aromatic carbocycles. The molecule has 0 radical (unpaired) electrons. The van der Waals surface area contributed by atoms with Gasteiger partial charge in [0, 0.05) is 23.9 Å². The Labute approximate surface area is 197 Å². The fraction of sp³-hybridized carbons (Fsp3) is 0.435. The second kappa shape index (κ2) is 8.74. The summed E-state index contributed by atoms with van der Waals surface area (Å²) < 4.78 is 81.5. The van der Waals surface area contributed by atoms with Crippen molar-refractivity contribution in [1.29, 1.82) is 0 Å². The minimum atomic E-state index is -4.77. The number of carbonyl (C=O) groups is 1. The summed E-state index contributed by atoms with van der Waals surface area (Å²) in [5.41, 5.74) is -1.89. The zero-order valence-electron chi connectivity index (χ0n) is 19.3. The van der Waals surface area contributed by atoms with Gasteiger partial charge in [0.15, 0.2) is 17.2 Å². The van der Waals surface area contributed by atoms with E-state index < -0.39 is 53.0 Å². The van der Waals surface area contributed by atoms with Crippen LogP contribution in [0.3, 0.4) is 0 Å². The van der Waals surface area contributed by atoms with E-state index in [2.05, 4.69) is 20.3 Å². The molecule has 1 amide bonds. The van der Waals surface area contributed by atoms with Gasteiger partial charge < -0.3 is 19.8 Å². The Hall–Kier alpha value is -3.28. The van der Waals surface area contributed by atoms with Crippen molar-refractivity contribution >= 4 is 16.9 Å². The first kappa shape index (κ1) is 24.8. The largest absolute Gasteiger partial charge is 0.493 e. The third-order valence-electron chi connectivity index (χ3n) is 6.54. The van der Waals surface area contributed by atoms with Crippen molar-refractivity contribution in [2.45, 2.75) is 44.6 Å². The quantitative estimate of drug-likeness (QED) is 0.493. The molecular formula is C23H23F5N4O3. The summed E-state index contributed by atoms with van der Waals surface area (Å²) >= 11 is 0. The second-order valence-corrected chi connectivity index (χ2v) is 8.51. The van der Waals surface area contributed by atoms with Gasteiger partial charge in [-0.2, -0.15) is 17.6 Å². The van der Waals surface area contributed by atoms with Crippen LogP contribution in [0, 0.1) is 17.6 Å². The second-order valence-electron chi connectivity index (χ2n) is 8.51. The number of nitrogens with one attached hydrogen (secondary N) is 2. The number of carbonyl (C=O) groups excluding carboxylic acids is 1. The number of aromatic nitrogens is 3. The van der Waals surface area contributed by atoms with Gasteiger partial charge in [-0.1, -0.05) is 13.0 Å². The smallest absolute Gasteiger partial charge is 0.417 e. The Kier molecular flexibility index (Phi) is 6.20. The molecule has 4 atom stereocenters. The number of pyridine rings is 1. The molecule has 7 nitrogen and oxygen atoms in total. The average Bonchev–Trinajstić information content (AvgIpc) is 3.34. The number of aromatic amines is 1. The normalized spacial score (nSPS) is 24.7. The van der Waals surface area contributed by atoms with Crippen molar-refractivity contribution < 1.29 is 36.2 Å². The van der Waals surface area contributed by atoms with Gasteiger partial charge in [0.25, 0.3) is 5.91 Å². The molecule has 188 valence electrons. The highest BCUT2D eigenvalue weighted by Gasteiger charge is 2.65. The Bertz CT molecular complexity index is 1280. The van der Waals surface area contributed by atoms with Crippen LogP contribution in [0.5, 0.6) is 5.75 Å². The van der Waals surface area contributed by atoms with Crippen LogP contribution >= 0.6 is 0 Å². The predicted molar refractivity (Wildman–Crippen MR) is 115 cm³/mol. The highest BCUT2D eigenvalue weighted by atomic mass is 19.4. The maximum atomic E-state index is 14.5. The van der Waals surface area contributed by atoms with Gasteiger partial charge in [0.1, 0.15) is 17.6 Å². The number of hydrogen-bond acceptors (Lipinski definition) is 5. The lowest BCUT2D eigenvalue weighted by Gasteiger charge is -2.32. The summed E-state index contributed by atoms with van der Waals surface area (Å²) in [6, 6.07) is 3.42. The van der Waals surface area contributed by atoms with Crippen molar-refractivity contribution in [3.05, 3.63) is 53.1 Å². The lowest BCUT2D eigenvalue weighted by atomic mass is 9.77. The van der Waals surface area contributed by atoms with Crippen LogP contribution in [0.1, 0.15) is 54.7 Å². The van der Waals surface area contributed by atoms with Crippen molar-refractivity contribution in [3.63, 3.8) is 0 Å². The van der Waals surface area contributed by atoms with Crippen LogP contribution in [0.25, 0.3) is 11.0 Å². The Morgan fingerprint density at radius 3 is 2.66 bits per heavy atom. The zero-order chi connectivity index (χ0) is 25.7. The number of ether oxygens (including phenoxy) is 2. The van der Waals surface area contributed by atoms with Gasteiger partial charge in [0.05, 0.1) is 24.3 Å². The standard InChI is InChI=1S/C23H23F5N4O3/c1-5-29-21(33)14-8-13-15(9-30-14)32-20(31-13)19-16(10(2)22(3,35-19)23(26,27)28)11-6-7-12(24)17(25)18(11)34-4/h6-10,16,19H,5H2,1-4H3,(H,29,33)(H,31,32)/t10-,16-,19?,22+/m0/s1. The highest BCUT2D eigenvalue weighted by molar-refractivity contribution is 5.95. The maximum absolute atomic E-state index is 14.5. The molecule has 35 heavy (non-hydrogen) atoms. The number of benzene rings is 1. The fourth-order valence-electron chi connectivity index (χ4n) is 4.49. The van der Waals surface area contributed by atoms with E-state index in [1.807, 2.05) is 0 Å². The van der Waals surface area contributed by atoms with Crippen molar-refractivity contribution in [2.75, 3.05) is 13.7 Å². The van der Waals surface area contributed by atoms with Gasteiger partial charge in [-0.05, 0) is 26.0 Å². The van der Waals surface area contributed by atoms with Gasteiger partial charge in [-0.3, -0.25) is 4.79 Å². The van der Waals surface area contributed by atoms with Crippen LogP contribution in [-0.2, 0) is 4.74 Å². The predicted octanol–water partition coefficient (Wildman–Crippen LogP) is 4.81. The molecule has 2 N–H and O–H groups in total. The molecule has 0 aliphatic carbocycles. The number of rotatable bonds is 5. The molecule has 0 spiro atoms. The maximum Gasteiger partial charge on any atom is 0.417 e. The topological polar surface area (TPSA) is 89.1 Å². The van der Waals surface area contributed by atoms with Gasteiger partial charge in [-0.25, -0.2) is 14.4 Å². The average molecular weight is 498 g/mol. The molecule has 3 heterocycles. The number of fused-ring (bicyclic) bond motifs is 1. The van der Waals surface area contributed by atoms with E-state index in [4.69, 9.17) is 9.47 Å². The van der Waals surface area contributed by atoms with E-state index in [1.54, 1.807) is 6.92 Å². The molecular weight excluding hydrogens is 475 g/mol. The molecule has 0 bridgehead atoms. The highest BCUT2D eigenvalue weighted by Crippen LogP contribution is 2.59. The molecule has 1 saturated heterocycles. The summed E-state index contributed by atoms with van der Waals surface area (Å²) in [4.78, 5) is 23.5. The summed E-state index contributed by atoms with van der Waals surface area (Å²) in [5, 5.41) is 2.60. The molecule has 1 unspecified atom stereocenters. The van der Waals surface area contributed by atoms with Crippen LogP contribution < -0.4 is 10.1 Å². The van der Waals surface area contributed by atoms with E-state index in [0.717, 1.165) is 20.1 Å². The summed E-state index contributed by atoms with van der Waals surface area (Å²) in [5.74, 6) is -5.76. The lowest BCUT2D eigenvalue weighted by molar-refractivity contribution is -0.275. The van der Waals surface area contributed by atoms with Gasteiger partial charge >= 0.3 is 6.18 Å². The third-order valence-corrected chi connectivity index (χ3v) is 6.54. The first-order valence-electron chi connectivity index (χ1n) is 10.8. The number of methoxy groups -OCH3 is 1. The first-order chi connectivity index (χ1) is 16.4. The van der Waals surface area contributed by atoms with E-state index >= 15 is 0 Å². The van der Waals surface area contributed by atoms with Crippen molar-refractivity contribution in [3.8, 4) is 5.75 Å². The van der Waals surface area contributed by atoms with Crippen molar-refractivity contribution in [1.82, 2.24) is 20.3 Å². The molecule has 4 rings (SSSR count). The molecule has 1 aliphatic rings. The monoisotopic (exact) mass is 498 g/mol. The number of amides is 1. The minimum Gasteiger partial charge on any atom is -0.493 e. The number of nitrogens with zero attached hydrogens (tertiary/aromatic N) is 2. The molecule has 3 aromatic rings. The SMILES string of the molecule is CCNC(=O)c1cc2nc(C3O[C@@](C)(C(F)(F)F)[C@@H](C)[C@H]3c3ccc(F)c(F)c3OC)[nH]c2cn1. The Morgan fingerprint density at radius 1 is 1.31 bits per heavy atom. The third kappa shape index (κ3) is 3.99. The first-order valence-corrected chi connectivity index (χ1v) is 10.8. The van der Waals surface area contributed by atoms with E-state index in [9.17, 15) is 26.7 Å². The molecule has 1 aliphatic heterocycles. The molecule has 0 saturated carbocycles. The Morgan fingerprint density at radius 2 is 2.03 bits per heavy atom. The van der Waals surface area contributed by atoms with Gasteiger partial charge in [-0.15, -0.1) is 0 Å². The number of alkyl halides is 3. The van der Waals surface area contributed by atoms with Gasteiger partial charge in [0.2, 0.25) is 5.82 Å². The van der Waals surface area contributed by atoms with Crippen LogP contribution in [0.4, 0.5) is 22.0 Å². The lowest BCUT2D eigenvalue weighted by Crippen LogP contribution is -2.46. The summed E-state index contributed by atoms with van der Waals surface area (Å²) in [6.07, 6.45) is -4.76. The minimum absolute atomic E-state index is 0.0125. The van der Waals surface area contributed by atoms with Crippen LogP contribution in [0.15, 0.2) is 24.4 Å².